The monoisotopic (exact) mass is 305 g/mol. The molecule has 6 heteroatoms. The summed E-state index contributed by atoms with van der Waals surface area (Å²) in [5.74, 6) is -0.240. The standard InChI is InChI=1S/C14H9Cl2N3O/c15-11-6-9(8-18-19-17)7-12(16)13(11)14(20)10-4-2-1-3-5-10/h1-7H,8H2. The van der Waals surface area contributed by atoms with Crippen LogP contribution < -0.4 is 0 Å². The van der Waals surface area contributed by atoms with Crippen molar-refractivity contribution in [1.29, 1.82) is 0 Å². The first kappa shape index (κ1) is 14.4. The smallest absolute Gasteiger partial charge is 0.196 e. The number of benzene rings is 2. The number of carbonyl (C=O) groups excluding carboxylic acids is 1. The number of rotatable bonds is 4. The molecule has 2 rings (SSSR count). The zero-order chi connectivity index (χ0) is 14.5. The van der Waals surface area contributed by atoms with E-state index in [4.69, 9.17) is 28.7 Å². The summed E-state index contributed by atoms with van der Waals surface area (Å²) in [5.41, 5.74) is 9.72. The molecule has 0 radical (unpaired) electrons. The highest BCUT2D eigenvalue weighted by Crippen LogP contribution is 2.29. The van der Waals surface area contributed by atoms with Gasteiger partial charge in [0.25, 0.3) is 0 Å². The maximum atomic E-state index is 12.4. The van der Waals surface area contributed by atoms with Crippen molar-refractivity contribution in [3.8, 4) is 0 Å². The molecule has 0 N–H and O–H groups in total. The van der Waals surface area contributed by atoms with Crippen LogP contribution in [0, 0.1) is 0 Å². The van der Waals surface area contributed by atoms with Gasteiger partial charge in [-0.25, -0.2) is 0 Å². The number of halogens is 2. The summed E-state index contributed by atoms with van der Waals surface area (Å²) in [4.78, 5) is 15.0. The van der Waals surface area contributed by atoms with Crippen LogP contribution in [-0.4, -0.2) is 5.78 Å². The van der Waals surface area contributed by atoms with E-state index in [1.54, 1.807) is 36.4 Å². The van der Waals surface area contributed by atoms with E-state index in [1.807, 2.05) is 6.07 Å². The molecule has 0 saturated heterocycles. The second-order valence-corrected chi connectivity index (χ2v) is 4.83. The van der Waals surface area contributed by atoms with Crippen molar-refractivity contribution >= 4 is 29.0 Å². The van der Waals surface area contributed by atoms with E-state index in [0.717, 1.165) is 0 Å². The Morgan fingerprint density at radius 1 is 1.15 bits per heavy atom. The average Bonchev–Trinajstić information content (AvgIpc) is 2.45. The summed E-state index contributed by atoms with van der Waals surface area (Å²) >= 11 is 12.2. The highest BCUT2D eigenvalue weighted by molar-refractivity contribution is 6.41. The number of carbonyl (C=O) groups is 1. The molecule has 0 aromatic heterocycles. The molecule has 0 aliphatic carbocycles. The Morgan fingerprint density at radius 2 is 1.75 bits per heavy atom. The minimum atomic E-state index is -0.240. The minimum absolute atomic E-state index is 0.135. The van der Waals surface area contributed by atoms with Gasteiger partial charge in [-0.3, -0.25) is 4.79 Å². The van der Waals surface area contributed by atoms with E-state index in [0.29, 0.717) is 11.1 Å². The molecule has 2 aromatic carbocycles. The van der Waals surface area contributed by atoms with Crippen molar-refractivity contribution in [3.05, 3.63) is 79.6 Å². The van der Waals surface area contributed by atoms with E-state index in [2.05, 4.69) is 10.0 Å². The van der Waals surface area contributed by atoms with Gasteiger partial charge in [0.05, 0.1) is 22.2 Å². The number of hydrogen-bond donors (Lipinski definition) is 0. The molecule has 0 fully saturated rings. The first-order valence-electron chi connectivity index (χ1n) is 5.72. The van der Waals surface area contributed by atoms with Crippen molar-refractivity contribution in [2.75, 3.05) is 0 Å². The van der Waals surface area contributed by atoms with E-state index >= 15 is 0 Å². The number of ketones is 1. The Bertz CT molecular complexity index is 672. The van der Waals surface area contributed by atoms with E-state index in [1.165, 1.54) is 0 Å². The number of nitrogens with zero attached hydrogens (tertiary/aromatic N) is 3. The van der Waals surface area contributed by atoms with Crippen LogP contribution in [0.3, 0.4) is 0 Å². The van der Waals surface area contributed by atoms with Crippen molar-refractivity contribution in [1.82, 2.24) is 0 Å². The fourth-order valence-corrected chi connectivity index (χ4v) is 2.48. The van der Waals surface area contributed by atoms with Gasteiger partial charge in [-0.15, -0.1) is 0 Å². The predicted octanol–water partition coefficient (Wildman–Crippen LogP) is 5.03. The molecular formula is C14H9Cl2N3O. The maximum Gasteiger partial charge on any atom is 0.196 e. The van der Waals surface area contributed by atoms with Crippen LogP contribution in [0.15, 0.2) is 47.6 Å². The molecule has 0 aliphatic heterocycles. The number of azide groups is 1. The van der Waals surface area contributed by atoms with Gasteiger partial charge in [-0.05, 0) is 23.2 Å². The molecule has 0 bridgehead atoms. The van der Waals surface area contributed by atoms with Gasteiger partial charge in [0, 0.05) is 10.5 Å². The predicted molar refractivity (Wildman–Crippen MR) is 79.2 cm³/mol. The molecule has 0 amide bonds. The van der Waals surface area contributed by atoms with Crippen LogP contribution in [0.25, 0.3) is 10.4 Å². The number of hydrogen-bond acceptors (Lipinski definition) is 2. The molecule has 20 heavy (non-hydrogen) atoms. The van der Waals surface area contributed by atoms with Crippen LogP contribution in [0.2, 0.25) is 10.0 Å². The SMILES string of the molecule is [N-]=[N+]=NCc1cc(Cl)c(C(=O)c2ccccc2)c(Cl)c1. The minimum Gasteiger partial charge on any atom is -0.288 e. The lowest BCUT2D eigenvalue weighted by Gasteiger charge is -2.08. The Morgan fingerprint density at radius 3 is 2.30 bits per heavy atom. The van der Waals surface area contributed by atoms with Crippen LogP contribution in [0.5, 0.6) is 0 Å². The van der Waals surface area contributed by atoms with Crippen LogP contribution in [-0.2, 0) is 6.54 Å². The van der Waals surface area contributed by atoms with Crippen molar-refractivity contribution < 1.29 is 4.79 Å². The molecular weight excluding hydrogens is 297 g/mol. The summed E-state index contributed by atoms with van der Waals surface area (Å²) in [6, 6.07) is 11.9. The lowest BCUT2D eigenvalue weighted by molar-refractivity contribution is 0.103. The molecule has 0 heterocycles. The normalized spacial score (nSPS) is 9.90. The molecule has 2 aromatic rings. The van der Waals surface area contributed by atoms with Crippen molar-refractivity contribution in [2.24, 2.45) is 5.11 Å². The summed E-state index contributed by atoms with van der Waals surface area (Å²) in [6.07, 6.45) is 0. The summed E-state index contributed by atoms with van der Waals surface area (Å²) < 4.78 is 0. The quantitative estimate of drug-likeness (QED) is 0.338. The Balaban J connectivity index is 2.43. The zero-order valence-corrected chi connectivity index (χ0v) is 11.8. The van der Waals surface area contributed by atoms with Crippen molar-refractivity contribution in [2.45, 2.75) is 6.54 Å². The third kappa shape index (κ3) is 3.11. The van der Waals surface area contributed by atoms with Crippen LogP contribution in [0.4, 0.5) is 0 Å². The summed E-state index contributed by atoms with van der Waals surface area (Å²) in [5, 5.41) is 3.93. The molecule has 0 aliphatic rings. The molecule has 0 saturated carbocycles. The van der Waals surface area contributed by atoms with Gasteiger partial charge < -0.3 is 0 Å². The van der Waals surface area contributed by atoms with Crippen LogP contribution in [0.1, 0.15) is 21.5 Å². The average molecular weight is 306 g/mol. The van der Waals surface area contributed by atoms with Gasteiger partial charge >= 0.3 is 0 Å². The fourth-order valence-electron chi connectivity index (χ4n) is 1.78. The first-order valence-corrected chi connectivity index (χ1v) is 6.47. The molecule has 0 unspecified atom stereocenters. The van der Waals surface area contributed by atoms with E-state index in [-0.39, 0.29) is 27.9 Å². The second kappa shape index (κ2) is 6.44. The Kier molecular flexibility index (Phi) is 4.64. The molecule has 0 atom stereocenters. The molecule has 100 valence electrons. The third-order valence-corrected chi connectivity index (χ3v) is 3.28. The molecule has 0 spiro atoms. The van der Waals surface area contributed by atoms with Gasteiger partial charge in [-0.2, -0.15) is 0 Å². The lowest BCUT2D eigenvalue weighted by Crippen LogP contribution is -2.03. The van der Waals surface area contributed by atoms with Gasteiger partial charge in [0.2, 0.25) is 0 Å². The topological polar surface area (TPSA) is 65.8 Å². The van der Waals surface area contributed by atoms with Gasteiger partial charge in [-0.1, -0.05) is 58.6 Å². The van der Waals surface area contributed by atoms with E-state index < -0.39 is 0 Å². The second-order valence-electron chi connectivity index (χ2n) is 4.02. The maximum absolute atomic E-state index is 12.4. The first-order chi connectivity index (χ1) is 9.63. The highest BCUT2D eigenvalue weighted by Gasteiger charge is 2.17. The third-order valence-electron chi connectivity index (χ3n) is 2.68. The molecule has 4 nitrogen and oxygen atoms in total. The van der Waals surface area contributed by atoms with Crippen molar-refractivity contribution in [3.63, 3.8) is 0 Å². The van der Waals surface area contributed by atoms with Gasteiger partial charge in [0.1, 0.15) is 0 Å². The summed E-state index contributed by atoms with van der Waals surface area (Å²) in [7, 11) is 0. The van der Waals surface area contributed by atoms with E-state index in [9.17, 15) is 4.79 Å². The Labute approximate surface area is 125 Å². The summed E-state index contributed by atoms with van der Waals surface area (Å²) in [6.45, 7) is 0.135. The largest absolute Gasteiger partial charge is 0.288 e. The Hall–Kier alpha value is -2.00. The lowest BCUT2D eigenvalue weighted by atomic mass is 10.0. The van der Waals surface area contributed by atoms with Gasteiger partial charge in [0.15, 0.2) is 5.78 Å². The highest BCUT2D eigenvalue weighted by atomic mass is 35.5. The van der Waals surface area contributed by atoms with Crippen LogP contribution >= 0.6 is 23.2 Å². The zero-order valence-electron chi connectivity index (χ0n) is 10.3. The fraction of sp³-hybridized carbons (Fsp3) is 0.0714.